The molecule has 1 aromatic heterocycles. The molecule has 0 amide bonds. The molecule has 0 saturated heterocycles. The maximum Gasteiger partial charge on any atom is 0.366 e. The highest BCUT2D eigenvalue weighted by Gasteiger charge is 2.28. The molecule has 2 heterocycles. The summed E-state index contributed by atoms with van der Waals surface area (Å²) in [7, 11) is 0. The van der Waals surface area contributed by atoms with Gasteiger partial charge in [0.1, 0.15) is 11.4 Å². The van der Waals surface area contributed by atoms with Crippen LogP contribution in [0.2, 0.25) is 5.02 Å². The van der Waals surface area contributed by atoms with Crippen LogP contribution in [-0.2, 0) is 6.54 Å². The number of rotatable bonds is 3. The van der Waals surface area contributed by atoms with Crippen LogP contribution in [-0.4, -0.2) is 11.5 Å². The number of pyridine rings is 1. The van der Waals surface area contributed by atoms with Gasteiger partial charge in [-0.3, -0.25) is 5.73 Å². The number of nitrogens with two attached hydrogens (primary N) is 1. The lowest BCUT2D eigenvalue weighted by Crippen LogP contribution is -2.43. The van der Waals surface area contributed by atoms with Crippen LogP contribution in [0.15, 0.2) is 48.7 Å². The van der Waals surface area contributed by atoms with E-state index in [2.05, 4.69) is 30.0 Å². The molecular weight excluding hydrogens is 337 g/mol. The predicted octanol–water partition coefficient (Wildman–Crippen LogP) is 3.26. The lowest BCUT2D eigenvalue weighted by atomic mass is 9.95. The van der Waals surface area contributed by atoms with Crippen molar-refractivity contribution in [3.05, 3.63) is 65.1 Å². The topological polar surface area (TPSA) is 44.0 Å². The average Bonchev–Trinajstić information content (AvgIpc) is 2.95. The molecule has 3 rings (SSSR count). The van der Waals surface area contributed by atoms with Gasteiger partial charge in [-0.05, 0) is 24.3 Å². The lowest BCUT2D eigenvalue weighted by Gasteiger charge is -2.16. The first-order chi connectivity index (χ1) is 11.7. The van der Waals surface area contributed by atoms with E-state index in [-0.39, 0.29) is 10.4 Å². The Labute approximate surface area is 152 Å². The summed E-state index contributed by atoms with van der Waals surface area (Å²) in [5, 5.41) is 0.101. The van der Waals surface area contributed by atoms with E-state index in [1.54, 1.807) is 18.2 Å². The minimum absolute atomic E-state index is 0.0698. The number of halogens is 2. The van der Waals surface area contributed by atoms with Crippen molar-refractivity contribution < 1.29 is 8.96 Å². The minimum atomic E-state index is -0.430. The highest BCUT2D eigenvalue weighted by Crippen LogP contribution is 2.27. The molecule has 0 unspecified atom stereocenters. The molecule has 2 aromatic rings. The van der Waals surface area contributed by atoms with Crippen LogP contribution in [0.4, 0.5) is 4.39 Å². The van der Waals surface area contributed by atoms with Crippen LogP contribution in [0.3, 0.4) is 0 Å². The zero-order valence-corrected chi connectivity index (χ0v) is 15.3. The van der Waals surface area contributed by atoms with Gasteiger partial charge in [-0.25, -0.2) is 9.06 Å². The van der Waals surface area contributed by atoms with Gasteiger partial charge in [0.25, 0.3) is 0 Å². The summed E-state index contributed by atoms with van der Waals surface area (Å²) < 4.78 is 20.2. The maximum absolute atomic E-state index is 13.6. The summed E-state index contributed by atoms with van der Waals surface area (Å²) in [6.45, 7) is 7.31. The van der Waals surface area contributed by atoms with Crippen LogP contribution in [0, 0.1) is 11.2 Å². The molecule has 0 spiro atoms. The molecule has 0 atom stereocenters. The number of aromatic nitrogens is 1. The summed E-state index contributed by atoms with van der Waals surface area (Å²) in [5.41, 5.74) is 9.38. The zero-order chi connectivity index (χ0) is 18.2. The van der Waals surface area contributed by atoms with Gasteiger partial charge in [0.05, 0.1) is 11.1 Å². The fraction of sp³-hybridized carbons (Fsp3) is 0.250. The zero-order valence-electron chi connectivity index (χ0n) is 14.6. The van der Waals surface area contributed by atoms with E-state index >= 15 is 0 Å². The Balaban J connectivity index is 2.26. The Hall–Kier alpha value is -2.42. The van der Waals surface area contributed by atoms with Crippen molar-refractivity contribution in [2.45, 2.75) is 27.3 Å². The summed E-state index contributed by atoms with van der Waals surface area (Å²) in [5.74, 6) is 0.0465. The Morgan fingerprint density at radius 2 is 1.96 bits per heavy atom. The average molecular weight is 358 g/mol. The van der Waals surface area contributed by atoms with E-state index in [0.717, 1.165) is 29.1 Å². The van der Waals surface area contributed by atoms with Crippen LogP contribution in [0.5, 0.6) is 0 Å². The number of amidine groups is 1. The molecule has 2 N–H and O–H groups in total. The fourth-order valence-corrected chi connectivity index (χ4v) is 3.07. The molecule has 25 heavy (non-hydrogen) atoms. The van der Waals surface area contributed by atoms with Crippen molar-refractivity contribution in [1.82, 2.24) is 4.67 Å². The van der Waals surface area contributed by atoms with Gasteiger partial charge >= 0.3 is 5.84 Å². The van der Waals surface area contributed by atoms with Gasteiger partial charge in [0, 0.05) is 23.1 Å². The third-order valence-corrected chi connectivity index (χ3v) is 4.14. The van der Waals surface area contributed by atoms with E-state index in [0.29, 0.717) is 5.84 Å². The van der Waals surface area contributed by atoms with E-state index in [9.17, 15) is 4.39 Å². The first-order valence-electron chi connectivity index (χ1n) is 8.12. The Morgan fingerprint density at radius 1 is 1.20 bits per heavy atom. The Kier molecular flexibility index (Phi) is 4.51. The molecule has 128 valence electrons. The van der Waals surface area contributed by atoms with Crippen LogP contribution in [0.25, 0.3) is 11.3 Å². The van der Waals surface area contributed by atoms with E-state index in [1.165, 1.54) is 6.07 Å². The third-order valence-electron chi connectivity index (χ3n) is 3.85. The van der Waals surface area contributed by atoms with E-state index in [1.807, 2.05) is 24.4 Å². The molecule has 0 bridgehead atoms. The molecule has 3 nitrogen and oxygen atoms in total. The van der Waals surface area contributed by atoms with Crippen LogP contribution in [0.1, 0.15) is 26.3 Å². The second-order valence-electron chi connectivity index (χ2n) is 7.34. The summed E-state index contributed by atoms with van der Waals surface area (Å²) >= 11 is 6.03. The molecule has 0 radical (unpaired) electrons. The third kappa shape index (κ3) is 3.81. The minimum Gasteiger partial charge on any atom is -0.273 e. The first-order valence-corrected chi connectivity index (χ1v) is 8.50. The summed E-state index contributed by atoms with van der Waals surface area (Å²) in [6.07, 6.45) is 5.69. The van der Waals surface area contributed by atoms with Gasteiger partial charge in [-0.1, -0.05) is 32.4 Å². The predicted molar refractivity (Wildman–Crippen MR) is 101 cm³/mol. The number of allylic oxidation sites excluding steroid dienone is 1. The molecule has 1 aliphatic heterocycles. The molecule has 5 heteroatoms. The second-order valence-corrected chi connectivity index (χ2v) is 7.75. The van der Waals surface area contributed by atoms with Gasteiger partial charge in [0.15, 0.2) is 12.7 Å². The molecule has 1 aromatic carbocycles. The van der Waals surface area contributed by atoms with Crippen LogP contribution >= 0.6 is 11.6 Å². The standard InChI is InChI=1S/C20H20ClFN3/c1-20(2,3)12-25-10-4-5-14(17-8-9-18(23)24-17)19(25)13-6-7-16(22)15(21)11-13/h4-11,23H,12H2,1-3H3/q+1/p+1. The fourth-order valence-electron chi connectivity index (χ4n) is 2.89. The smallest absolute Gasteiger partial charge is 0.273 e. The molecular formula is C20H21ClFN3+2. The normalized spacial score (nSPS) is 13.8. The molecule has 1 aliphatic rings. The molecule has 0 aliphatic carbocycles. The number of nitrogens with zero attached hydrogens (tertiary/aromatic N) is 2. The van der Waals surface area contributed by atoms with Crippen molar-refractivity contribution in [1.29, 1.82) is 0 Å². The SMILES string of the molecule is CC(C)(C)C[n+]1cccc(C2=[N+]=C(N)C=C2)c1-c1ccc(F)c(Cl)c1. The maximum atomic E-state index is 13.6. The Bertz CT molecular complexity index is 932. The second kappa shape index (κ2) is 6.47. The lowest BCUT2D eigenvalue weighted by molar-refractivity contribution is -0.697. The highest BCUT2D eigenvalue weighted by molar-refractivity contribution is 6.31. The first kappa shape index (κ1) is 17.4. The Morgan fingerprint density at radius 3 is 2.56 bits per heavy atom. The summed E-state index contributed by atoms with van der Waals surface area (Å²) in [4.78, 5) is 0. The van der Waals surface area contributed by atoms with Crippen molar-refractivity contribution in [2.24, 2.45) is 11.1 Å². The van der Waals surface area contributed by atoms with E-state index in [4.69, 9.17) is 17.3 Å². The highest BCUT2D eigenvalue weighted by atomic mass is 35.5. The van der Waals surface area contributed by atoms with Gasteiger partial charge < -0.3 is 0 Å². The largest absolute Gasteiger partial charge is 0.366 e. The van der Waals surface area contributed by atoms with Crippen molar-refractivity contribution >= 4 is 23.1 Å². The van der Waals surface area contributed by atoms with E-state index < -0.39 is 5.82 Å². The molecule has 0 saturated carbocycles. The summed E-state index contributed by atoms with van der Waals surface area (Å²) in [6, 6.07) is 8.77. The van der Waals surface area contributed by atoms with Crippen molar-refractivity contribution in [3.63, 3.8) is 0 Å². The monoisotopic (exact) mass is 357 g/mol. The van der Waals surface area contributed by atoms with Gasteiger partial charge in [-0.2, -0.15) is 4.57 Å². The number of benzene rings is 1. The quantitative estimate of drug-likeness (QED) is 0.665. The molecule has 0 fully saturated rings. The van der Waals surface area contributed by atoms with Gasteiger partial charge in [-0.15, -0.1) is 0 Å². The number of hydrogen-bond acceptors (Lipinski definition) is 1. The van der Waals surface area contributed by atoms with Crippen LogP contribution < -0.4 is 15.0 Å². The van der Waals surface area contributed by atoms with Gasteiger partial charge in [0.2, 0.25) is 11.4 Å². The van der Waals surface area contributed by atoms with Crippen molar-refractivity contribution in [2.75, 3.05) is 0 Å². The number of hydrogen-bond donors (Lipinski definition) is 1. The van der Waals surface area contributed by atoms with Crippen molar-refractivity contribution in [3.8, 4) is 11.3 Å².